The topological polar surface area (TPSA) is 49.8 Å². The van der Waals surface area contributed by atoms with Gasteiger partial charge in [0.2, 0.25) is 0 Å². The second-order valence-electron chi connectivity index (χ2n) is 4.89. The Hall–Kier alpha value is -2.64. The minimum absolute atomic E-state index is 0.706. The number of hydrogen-bond donors (Lipinski definition) is 0. The fraction of sp³-hybridized carbons (Fsp3) is 0.0588. The molecule has 0 unspecified atom stereocenters. The Morgan fingerprint density at radius 3 is 3.05 bits per heavy atom. The van der Waals surface area contributed by atoms with E-state index in [4.69, 9.17) is 9.68 Å². The Balaban J connectivity index is 1.66. The van der Waals surface area contributed by atoms with Crippen molar-refractivity contribution in [3.05, 3.63) is 64.4 Å². The molecule has 21 heavy (non-hydrogen) atoms. The number of furan rings is 1. The predicted molar refractivity (Wildman–Crippen MR) is 82.5 cm³/mol. The van der Waals surface area contributed by atoms with Crippen LogP contribution in [0.4, 0.5) is 0 Å². The maximum absolute atomic E-state index is 8.97. The van der Waals surface area contributed by atoms with E-state index in [0.29, 0.717) is 5.56 Å². The number of rotatable bonds is 2. The molecule has 2 aromatic heterocycles. The number of nitriles is 1. The summed E-state index contributed by atoms with van der Waals surface area (Å²) in [5.41, 5.74) is 5.25. The molecule has 4 rings (SSSR count). The van der Waals surface area contributed by atoms with E-state index in [9.17, 15) is 0 Å². The fourth-order valence-corrected chi connectivity index (χ4v) is 3.32. The third-order valence-corrected chi connectivity index (χ3v) is 4.40. The van der Waals surface area contributed by atoms with E-state index in [2.05, 4.69) is 22.5 Å². The summed E-state index contributed by atoms with van der Waals surface area (Å²) in [5.74, 6) is 0.800. The molecule has 1 aliphatic carbocycles. The highest BCUT2D eigenvalue weighted by Gasteiger charge is 2.17. The first-order valence-electron chi connectivity index (χ1n) is 6.57. The van der Waals surface area contributed by atoms with Gasteiger partial charge in [0.25, 0.3) is 0 Å². The zero-order valence-electron chi connectivity index (χ0n) is 11.0. The summed E-state index contributed by atoms with van der Waals surface area (Å²) in [6.07, 6.45) is 4.63. The molecule has 0 fully saturated rings. The van der Waals surface area contributed by atoms with Crippen molar-refractivity contribution in [1.82, 2.24) is 4.98 Å². The number of benzene rings is 1. The van der Waals surface area contributed by atoms with Crippen molar-refractivity contribution in [2.24, 2.45) is 0 Å². The maximum atomic E-state index is 8.97. The molecule has 0 amide bonds. The van der Waals surface area contributed by atoms with Gasteiger partial charge < -0.3 is 4.42 Å². The Morgan fingerprint density at radius 1 is 1.29 bits per heavy atom. The van der Waals surface area contributed by atoms with Crippen molar-refractivity contribution in [2.75, 3.05) is 0 Å². The molecule has 0 saturated heterocycles. The molecular weight excluding hydrogens is 280 g/mol. The first-order chi connectivity index (χ1) is 10.3. The van der Waals surface area contributed by atoms with Crippen molar-refractivity contribution in [2.45, 2.75) is 6.42 Å². The van der Waals surface area contributed by atoms with Gasteiger partial charge in [-0.25, -0.2) is 4.98 Å². The molecule has 100 valence electrons. The van der Waals surface area contributed by atoms with E-state index < -0.39 is 0 Å². The van der Waals surface area contributed by atoms with Crippen LogP contribution in [0.15, 0.2) is 46.4 Å². The standard InChI is InChI=1S/C17H10N2OS/c18-9-11-3-4-12-7-14(8-13(12)6-11)15-10-21-17(19-15)16-2-1-5-20-16/h1-7,10H,8H2. The van der Waals surface area contributed by atoms with Gasteiger partial charge in [0, 0.05) is 11.8 Å². The van der Waals surface area contributed by atoms with Gasteiger partial charge in [0.15, 0.2) is 10.8 Å². The molecule has 2 heterocycles. The molecule has 0 spiro atoms. The van der Waals surface area contributed by atoms with Crippen molar-refractivity contribution in [3.8, 4) is 16.8 Å². The average Bonchev–Trinajstić information content (AvgIpc) is 3.23. The van der Waals surface area contributed by atoms with E-state index in [1.807, 2.05) is 30.3 Å². The Labute approximate surface area is 125 Å². The summed E-state index contributed by atoms with van der Waals surface area (Å²) >= 11 is 1.58. The van der Waals surface area contributed by atoms with Crippen LogP contribution in [0.3, 0.4) is 0 Å². The number of thiazole rings is 1. The summed E-state index contributed by atoms with van der Waals surface area (Å²) in [5, 5.41) is 11.9. The molecule has 0 radical (unpaired) electrons. The van der Waals surface area contributed by atoms with Gasteiger partial charge in [-0.15, -0.1) is 11.3 Å². The highest BCUT2D eigenvalue weighted by Crippen LogP contribution is 2.34. The van der Waals surface area contributed by atoms with Gasteiger partial charge in [0.1, 0.15) is 0 Å². The lowest BCUT2D eigenvalue weighted by atomic mass is 10.1. The molecule has 0 bridgehead atoms. The van der Waals surface area contributed by atoms with E-state index in [0.717, 1.165) is 22.9 Å². The van der Waals surface area contributed by atoms with E-state index in [1.165, 1.54) is 16.7 Å². The lowest BCUT2D eigenvalue weighted by Gasteiger charge is -1.98. The minimum atomic E-state index is 0.706. The molecule has 0 saturated carbocycles. The summed E-state index contributed by atoms with van der Waals surface area (Å²) in [4.78, 5) is 4.65. The molecule has 0 atom stereocenters. The van der Waals surface area contributed by atoms with Crippen LogP contribution in [0.5, 0.6) is 0 Å². The lowest BCUT2D eigenvalue weighted by Crippen LogP contribution is -1.87. The highest BCUT2D eigenvalue weighted by molar-refractivity contribution is 7.13. The summed E-state index contributed by atoms with van der Waals surface area (Å²) in [7, 11) is 0. The molecule has 1 aromatic carbocycles. The quantitative estimate of drug-likeness (QED) is 0.704. The second kappa shape index (κ2) is 4.72. The van der Waals surface area contributed by atoms with Gasteiger partial charge in [-0.05, 0) is 47.0 Å². The Bertz CT molecular complexity index is 882. The lowest BCUT2D eigenvalue weighted by molar-refractivity contribution is 0.582. The van der Waals surface area contributed by atoms with Gasteiger partial charge in [-0.2, -0.15) is 5.26 Å². The zero-order valence-corrected chi connectivity index (χ0v) is 11.9. The van der Waals surface area contributed by atoms with Gasteiger partial charge >= 0.3 is 0 Å². The number of aromatic nitrogens is 1. The van der Waals surface area contributed by atoms with Gasteiger partial charge in [-0.3, -0.25) is 0 Å². The van der Waals surface area contributed by atoms with E-state index in [-0.39, 0.29) is 0 Å². The normalized spacial score (nSPS) is 12.8. The van der Waals surface area contributed by atoms with Crippen LogP contribution in [0.1, 0.15) is 22.4 Å². The number of nitrogens with zero attached hydrogens (tertiary/aromatic N) is 2. The first kappa shape index (κ1) is 12.1. The third-order valence-electron chi connectivity index (χ3n) is 3.55. The summed E-state index contributed by atoms with van der Waals surface area (Å²) in [6.45, 7) is 0. The summed E-state index contributed by atoms with van der Waals surface area (Å²) in [6, 6.07) is 11.8. The molecule has 3 nitrogen and oxygen atoms in total. The SMILES string of the molecule is N#Cc1ccc2c(c1)CC(c1csc(-c3ccco3)n1)=C2. The highest BCUT2D eigenvalue weighted by atomic mass is 32.1. The predicted octanol–water partition coefficient (Wildman–Crippen LogP) is 4.37. The average molecular weight is 290 g/mol. The number of allylic oxidation sites excluding steroid dienone is 1. The van der Waals surface area contributed by atoms with E-state index in [1.54, 1.807) is 17.6 Å². The molecule has 3 aromatic rings. The zero-order chi connectivity index (χ0) is 14.2. The monoisotopic (exact) mass is 290 g/mol. The number of hydrogen-bond acceptors (Lipinski definition) is 4. The van der Waals surface area contributed by atoms with Crippen LogP contribution in [0.25, 0.3) is 22.4 Å². The maximum Gasteiger partial charge on any atom is 0.162 e. The Kier molecular flexibility index (Phi) is 2.73. The van der Waals surface area contributed by atoms with Crippen LogP contribution >= 0.6 is 11.3 Å². The van der Waals surface area contributed by atoms with Crippen molar-refractivity contribution < 1.29 is 4.42 Å². The van der Waals surface area contributed by atoms with E-state index >= 15 is 0 Å². The van der Waals surface area contributed by atoms with Crippen LogP contribution in [-0.4, -0.2) is 4.98 Å². The Morgan fingerprint density at radius 2 is 2.24 bits per heavy atom. The van der Waals surface area contributed by atoms with Crippen molar-refractivity contribution in [1.29, 1.82) is 5.26 Å². The number of fused-ring (bicyclic) bond motifs is 1. The van der Waals surface area contributed by atoms with Crippen LogP contribution in [0, 0.1) is 11.3 Å². The third kappa shape index (κ3) is 2.08. The van der Waals surface area contributed by atoms with Gasteiger partial charge in [0.05, 0.1) is 23.6 Å². The fourth-order valence-electron chi connectivity index (χ4n) is 2.51. The smallest absolute Gasteiger partial charge is 0.162 e. The molecule has 0 aliphatic heterocycles. The first-order valence-corrected chi connectivity index (χ1v) is 7.45. The molecule has 1 aliphatic rings. The van der Waals surface area contributed by atoms with Crippen LogP contribution in [0.2, 0.25) is 0 Å². The second-order valence-corrected chi connectivity index (χ2v) is 5.75. The van der Waals surface area contributed by atoms with Crippen LogP contribution in [-0.2, 0) is 6.42 Å². The van der Waals surface area contributed by atoms with Gasteiger partial charge in [-0.1, -0.05) is 6.07 Å². The largest absolute Gasteiger partial charge is 0.462 e. The molecule has 0 N–H and O–H groups in total. The molecular formula is C17H10N2OS. The molecule has 4 heteroatoms. The summed E-state index contributed by atoms with van der Waals surface area (Å²) < 4.78 is 5.38. The van der Waals surface area contributed by atoms with Crippen molar-refractivity contribution >= 4 is 23.0 Å². The van der Waals surface area contributed by atoms with Crippen LogP contribution < -0.4 is 0 Å². The van der Waals surface area contributed by atoms with Crippen molar-refractivity contribution in [3.63, 3.8) is 0 Å². The minimum Gasteiger partial charge on any atom is -0.462 e.